The van der Waals surface area contributed by atoms with E-state index in [1.807, 2.05) is 0 Å². The Morgan fingerprint density at radius 2 is 1.94 bits per heavy atom. The van der Waals surface area contributed by atoms with E-state index in [0.29, 0.717) is 12.1 Å². The zero-order valence-electron chi connectivity index (χ0n) is 7.71. The van der Waals surface area contributed by atoms with Gasteiger partial charge in [0.15, 0.2) is 0 Å². The largest absolute Gasteiger partial charge is 0.419 e. The summed E-state index contributed by atoms with van der Waals surface area (Å²) in [5.41, 5.74) is 1.93. The number of nitrogens with zero attached hydrogens (tertiary/aromatic N) is 1. The first-order valence-corrected chi connectivity index (χ1v) is 4.02. The van der Waals surface area contributed by atoms with Crippen molar-refractivity contribution in [1.82, 2.24) is 0 Å². The lowest BCUT2D eigenvalue weighted by molar-refractivity contribution is -0.385. The van der Waals surface area contributed by atoms with Crippen molar-refractivity contribution in [2.45, 2.75) is 12.7 Å². The third kappa shape index (κ3) is 2.11. The summed E-state index contributed by atoms with van der Waals surface area (Å²) in [6.45, 7) is -0.675. The summed E-state index contributed by atoms with van der Waals surface area (Å²) in [7, 11) is 0. The topological polar surface area (TPSA) is 69.2 Å². The quantitative estimate of drug-likeness (QED) is 0.487. The fourth-order valence-corrected chi connectivity index (χ4v) is 1.20. The SMILES string of the molecule is NCc1c([N+](=O)[O-])ccc(C(F)(F)F)c1F. The van der Waals surface area contributed by atoms with Crippen molar-refractivity contribution in [3.05, 3.63) is 39.2 Å². The van der Waals surface area contributed by atoms with Gasteiger partial charge >= 0.3 is 6.18 Å². The van der Waals surface area contributed by atoms with Crippen molar-refractivity contribution >= 4 is 5.69 Å². The molecule has 0 radical (unpaired) electrons. The molecule has 2 N–H and O–H groups in total. The molecule has 1 aromatic rings. The van der Waals surface area contributed by atoms with Gasteiger partial charge in [-0.15, -0.1) is 0 Å². The lowest BCUT2D eigenvalue weighted by Gasteiger charge is -2.10. The van der Waals surface area contributed by atoms with Crippen LogP contribution in [0.5, 0.6) is 0 Å². The lowest BCUT2D eigenvalue weighted by Crippen LogP contribution is -2.13. The van der Waals surface area contributed by atoms with Crippen LogP contribution in [0.2, 0.25) is 0 Å². The van der Waals surface area contributed by atoms with Crippen LogP contribution < -0.4 is 5.73 Å². The van der Waals surface area contributed by atoms with Gasteiger partial charge in [-0.2, -0.15) is 13.2 Å². The summed E-state index contributed by atoms with van der Waals surface area (Å²) in [6, 6.07) is 0.917. The van der Waals surface area contributed by atoms with Crippen molar-refractivity contribution in [1.29, 1.82) is 0 Å². The van der Waals surface area contributed by atoms with Crippen molar-refractivity contribution in [2.75, 3.05) is 0 Å². The second-order valence-electron chi connectivity index (χ2n) is 2.88. The molecular formula is C8H6F4N2O2. The van der Waals surface area contributed by atoms with Crippen LogP contribution in [0.25, 0.3) is 0 Å². The van der Waals surface area contributed by atoms with E-state index in [1.54, 1.807) is 0 Å². The van der Waals surface area contributed by atoms with Crippen LogP contribution in [-0.4, -0.2) is 4.92 Å². The second-order valence-corrected chi connectivity index (χ2v) is 2.88. The smallest absolute Gasteiger partial charge is 0.326 e. The Balaban J connectivity index is 3.46. The normalized spacial score (nSPS) is 11.6. The molecule has 0 aliphatic carbocycles. The number of halogens is 4. The summed E-state index contributed by atoms with van der Waals surface area (Å²) in [5.74, 6) is -1.69. The zero-order chi connectivity index (χ0) is 12.5. The number of benzene rings is 1. The van der Waals surface area contributed by atoms with E-state index in [1.165, 1.54) is 0 Å². The maximum Gasteiger partial charge on any atom is 0.419 e. The van der Waals surface area contributed by atoms with Crippen molar-refractivity contribution in [3.63, 3.8) is 0 Å². The van der Waals surface area contributed by atoms with Crippen LogP contribution >= 0.6 is 0 Å². The molecule has 0 amide bonds. The summed E-state index contributed by atoms with van der Waals surface area (Å²) >= 11 is 0. The van der Waals surface area contributed by atoms with Crippen molar-refractivity contribution in [2.24, 2.45) is 5.73 Å². The Morgan fingerprint density at radius 3 is 2.31 bits per heavy atom. The Hall–Kier alpha value is -1.70. The molecule has 0 bridgehead atoms. The first-order valence-electron chi connectivity index (χ1n) is 4.02. The minimum absolute atomic E-state index is 0.326. The molecule has 16 heavy (non-hydrogen) atoms. The Labute approximate surface area is 86.8 Å². The molecule has 0 saturated carbocycles. The van der Waals surface area contributed by atoms with E-state index in [9.17, 15) is 27.7 Å². The summed E-state index contributed by atoms with van der Waals surface area (Å²) in [6.07, 6.45) is -4.90. The van der Waals surface area contributed by atoms with E-state index >= 15 is 0 Å². The first-order chi connectivity index (χ1) is 7.29. The van der Waals surface area contributed by atoms with Gasteiger partial charge in [0, 0.05) is 12.6 Å². The fraction of sp³-hybridized carbons (Fsp3) is 0.250. The Morgan fingerprint density at radius 1 is 1.38 bits per heavy atom. The van der Waals surface area contributed by atoms with Crippen LogP contribution in [0.3, 0.4) is 0 Å². The maximum atomic E-state index is 13.3. The molecule has 0 aliphatic rings. The van der Waals surface area contributed by atoms with Gasteiger partial charge < -0.3 is 5.73 Å². The first kappa shape index (κ1) is 12.4. The average Bonchev–Trinajstić information content (AvgIpc) is 2.14. The molecule has 8 heteroatoms. The van der Waals surface area contributed by atoms with E-state index in [4.69, 9.17) is 5.73 Å². The third-order valence-corrected chi connectivity index (χ3v) is 1.92. The molecule has 4 nitrogen and oxygen atoms in total. The molecule has 1 aromatic carbocycles. The van der Waals surface area contributed by atoms with Crippen LogP contribution in [-0.2, 0) is 12.7 Å². The number of alkyl halides is 3. The molecule has 0 spiro atoms. The molecule has 88 valence electrons. The number of nitro benzene ring substituents is 1. The number of nitrogens with two attached hydrogens (primary N) is 1. The highest BCUT2D eigenvalue weighted by atomic mass is 19.4. The number of nitro groups is 1. The van der Waals surface area contributed by atoms with Crippen LogP contribution in [0.1, 0.15) is 11.1 Å². The van der Waals surface area contributed by atoms with Gasteiger partial charge in [-0.3, -0.25) is 10.1 Å². The third-order valence-electron chi connectivity index (χ3n) is 1.92. The van der Waals surface area contributed by atoms with Crippen LogP contribution in [0, 0.1) is 15.9 Å². The Kier molecular flexibility index (Phi) is 3.13. The summed E-state index contributed by atoms with van der Waals surface area (Å²) in [4.78, 5) is 9.42. The molecule has 0 fully saturated rings. The Bertz CT molecular complexity index is 431. The van der Waals surface area contributed by atoms with Gasteiger partial charge in [0.1, 0.15) is 5.82 Å². The van der Waals surface area contributed by atoms with Gasteiger partial charge in [0.05, 0.1) is 16.1 Å². The summed E-state index contributed by atoms with van der Waals surface area (Å²) in [5, 5.41) is 10.4. The zero-order valence-corrected chi connectivity index (χ0v) is 7.71. The van der Waals surface area contributed by atoms with E-state index in [2.05, 4.69) is 0 Å². The molecule has 0 unspecified atom stereocenters. The van der Waals surface area contributed by atoms with E-state index in [0.717, 1.165) is 0 Å². The molecule has 0 heterocycles. The van der Waals surface area contributed by atoms with E-state index < -0.39 is 40.3 Å². The van der Waals surface area contributed by atoms with Crippen molar-refractivity contribution in [3.8, 4) is 0 Å². The molecule has 0 aromatic heterocycles. The molecule has 1 rings (SSSR count). The van der Waals surface area contributed by atoms with E-state index in [-0.39, 0.29) is 0 Å². The maximum absolute atomic E-state index is 13.3. The minimum atomic E-state index is -4.90. The lowest BCUT2D eigenvalue weighted by atomic mass is 10.1. The van der Waals surface area contributed by atoms with Gasteiger partial charge in [-0.25, -0.2) is 4.39 Å². The van der Waals surface area contributed by atoms with Crippen LogP contribution in [0.4, 0.5) is 23.2 Å². The molecule has 0 saturated heterocycles. The van der Waals surface area contributed by atoms with Crippen LogP contribution in [0.15, 0.2) is 12.1 Å². The molecular weight excluding hydrogens is 232 g/mol. The molecule has 0 atom stereocenters. The highest BCUT2D eigenvalue weighted by molar-refractivity contribution is 5.44. The van der Waals surface area contributed by atoms with Gasteiger partial charge in [0.2, 0.25) is 0 Å². The standard InChI is InChI=1S/C8H6F4N2O2/c9-7-4(3-13)6(14(15)16)2-1-5(7)8(10,11)12/h1-2H,3,13H2. The molecule has 0 aliphatic heterocycles. The highest BCUT2D eigenvalue weighted by Crippen LogP contribution is 2.35. The number of hydrogen-bond donors (Lipinski definition) is 1. The highest BCUT2D eigenvalue weighted by Gasteiger charge is 2.36. The average molecular weight is 238 g/mol. The van der Waals surface area contributed by atoms with Crippen molar-refractivity contribution < 1.29 is 22.5 Å². The monoisotopic (exact) mass is 238 g/mol. The number of hydrogen-bond acceptors (Lipinski definition) is 3. The van der Waals surface area contributed by atoms with Gasteiger partial charge in [0.25, 0.3) is 5.69 Å². The van der Waals surface area contributed by atoms with Gasteiger partial charge in [-0.05, 0) is 6.07 Å². The minimum Gasteiger partial charge on any atom is -0.326 e. The second kappa shape index (κ2) is 4.05. The number of rotatable bonds is 2. The van der Waals surface area contributed by atoms with Gasteiger partial charge in [-0.1, -0.05) is 0 Å². The predicted octanol–water partition coefficient (Wildman–Crippen LogP) is 2.21. The summed E-state index contributed by atoms with van der Waals surface area (Å²) < 4.78 is 50.0. The fourth-order valence-electron chi connectivity index (χ4n) is 1.20. The predicted molar refractivity (Wildman–Crippen MR) is 45.9 cm³/mol.